The maximum Gasteiger partial charge on any atom is 0.136 e. The smallest absolute Gasteiger partial charge is 0.136 e. The second-order valence-electron chi connectivity index (χ2n) is 11.4. The number of carbonyl (C=O) groups is 1. The van der Waals surface area contributed by atoms with Crippen molar-refractivity contribution >= 4 is 11.4 Å². The summed E-state index contributed by atoms with van der Waals surface area (Å²) in [7, 11) is 0. The minimum atomic E-state index is 0.346. The number of allylic oxidation sites excluding steroid dienone is 2. The summed E-state index contributed by atoms with van der Waals surface area (Å²) in [5.74, 6) is 2.80. The summed E-state index contributed by atoms with van der Waals surface area (Å²) >= 11 is 0. The van der Waals surface area contributed by atoms with Crippen LogP contribution in [0.3, 0.4) is 0 Å². The van der Waals surface area contributed by atoms with Crippen molar-refractivity contribution in [3.63, 3.8) is 0 Å². The fourth-order valence-electron chi connectivity index (χ4n) is 6.99. The zero-order chi connectivity index (χ0) is 23.3. The van der Waals surface area contributed by atoms with Gasteiger partial charge in [0.1, 0.15) is 5.78 Å². The predicted octanol–water partition coefficient (Wildman–Crippen LogP) is 8.71. The molecule has 1 unspecified atom stereocenters. The Kier molecular flexibility index (Phi) is 7.67. The molecule has 2 aromatic carbocycles. The van der Waals surface area contributed by atoms with Crippen molar-refractivity contribution in [2.75, 3.05) is 0 Å². The van der Waals surface area contributed by atoms with Crippen LogP contribution in [0.5, 0.6) is 0 Å². The Labute approximate surface area is 207 Å². The lowest BCUT2D eigenvalue weighted by Crippen LogP contribution is -2.24. The highest BCUT2D eigenvalue weighted by atomic mass is 16.1. The minimum absolute atomic E-state index is 0.346. The van der Waals surface area contributed by atoms with E-state index in [-0.39, 0.29) is 0 Å². The van der Waals surface area contributed by atoms with Gasteiger partial charge in [0.25, 0.3) is 0 Å². The van der Waals surface area contributed by atoms with Crippen LogP contribution in [0.2, 0.25) is 0 Å². The molecule has 0 spiro atoms. The zero-order valence-electron chi connectivity index (χ0n) is 21.1. The molecule has 2 aromatic rings. The van der Waals surface area contributed by atoms with Gasteiger partial charge in [-0.05, 0) is 78.2 Å². The molecule has 34 heavy (non-hydrogen) atoms. The Morgan fingerprint density at radius 3 is 2.38 bits per heavy atom. The van der Waals surface area contributed by atoms with Crippen LogP contribution in [0.15, 0.2) is 54.6 Å². The lowest BCUT2D eigenvalue weighted by Gasteiger charge is -2.29. The normalized spacial score (nSPS) is 25.8. The molecule has 1 heteroatoms. The maximum absolute atomic E-state index is 13.0. The summed E-state index contributed by atoms with van der Waals surface area (Å²) in [5.41, 5.74) is 7.30. The van der Waals surface area contributed by atoms with Crippen LogP contribution in [-0.4, -0.2) is 5.78 Å². The van der Waals surface area contributed by atoms with E-state index in [2.05, 4.69) is 61.5 Å². The van der Waals surface area contributed by atoms with Crippen molar-refractivity contribution in [1.29, 1.82) is 0 Å². The first kappa shape index (κ1) is 23.6. The highest BCUT2D eigenvalue weighted by Gasteiger charge is 2.28. The Morgan fingerprint density at radius 2 is 1.59 bits per heavy atom. The maximum atomic E-state index is 13.0. The van der Waals surface area contributed by atoms with Crippen LogP contribution in [0.1, 0.15) is 106 Å². The van der Waals surface area contributed by atoms with Gasteiger partial charge in [0.05, 0.1) is 0 Å². The van der Waals surface area contributed by atoms with Crippen LogP contribution in [0.4, 0.5) is 0 Å². The number of hydrogen-bond donors (Lipinski definition) is 0. The van der Waals surface area contributed by atoms with Gasteiger partial charge in [-0.1, -0.05) is 100 Å². The van der Waals surface area contributed by atoms with Crippen LogP contribution in [-0.2, 0) is 17.6 Å². The molecular weight excluding hydrogens is 412 g/mol. The lowest BCUT2D eigenvalue weighted by atomic mass is 9.75. The molecule has 0 aromatic heterocycles. The molecule has 2 fully saturated rings. The summed E-state index contributed by atoms with van der Waals surface area (Å²) in [5, 5.41) is 0. The van der Waals surface area contributed by atoms with Crippen molar-refractivity contribution < 1.29 is 4.79 Å². The first-order valence-corrected chi connectivity index (χ1v) is 14.1. The van der Waals surface area contributed by atoms with E-state index in [4.69, 9.17) is 0 Å². The monoisotopic (exact) mass is 454 g/mol. The van der Waals surface area contributed by atoms with Crippen molar-refractivity contribution in [1.82, 2.24) is 0 Å². The first-order chi connectivity index (χ1) is 16.7. The number of benzene rings is 2. The van der Waals surface area contributed by atoms with E-state index in [1.807, 2.05) is 0 Å². The number of Topliss-reactive ketones (excluding diaryl/α,β-unsaturated/α-hetero) is 1. The number of rotatable bonds is 6. The van der Waals surface area contributed by atoms with Gasteiger partial charge in [0.15, 0.2) is 0 Å². The van der Waals surface area contributed by atoms with E-state index in [1.54, 1.807) is 0 Å². The second-order valence-corrected chi connectivity index (χ2v) is 11.4. The van der Waals surface area contributed by atoms with Gasteiger partial charge in [-0.3, -0.25) is 4.79 Å². The third-order valence-electron chi connectivity index (χ3n) is 9.08. The Balaban J connectivity index is 1.16. The van der Waals surface area contributed by atoms with Gasteiger partial charge in [-0.2, -0.15) is 0 Å². The second kappa shape index (κ2) is 11.1. The topological polar surface area (TPSA) is 17.1 Å². The highest BCUT2D eigenvalue weighted by Crippen LogP contribution is 2.39. The minimum Gasteiger partial charge on any atom is -0.299 e. The van der Waals surface area contributed by atoms with Crippen LogP contribution in [0, 0.1) is 17.8 Å². The Bertz CT molecular complexity index is 999. The van der Waals surface area contributed by atoms with Crippen molar-refractivity contribution in [2.24, 2.45) is 17.8 Å². The summed E-state index contributed by atoms with van der Waals surface area (Å²) in [6, 6.07) is 18.2. The lowest BCUT2D eigenvalue weighted by molar-refractivity contribution is -0.125. The standard InChI is InChI=1S/C33H42O/c1-24-31-14-7-6-12-28(31)19-20-32(24)30-13-8-11-27(22-30)21-26-15-17-29(18-16-26)33(34)23-25-9-4-2-3-5-10-25/h6-8,11-14,20,22,24-26,29H,2-5,9-10,15-19,21,23H2,1H3. The zero-order valence-corrected chi connectivity index (χ0v) is 21.1. The molecule has 0 N–H and O–H groups in total. The van der Waals surface area contributed by atoms with Gasteiger partial charge in [-0.25, -0.2) is 0 Å². The van der Waals surface area contributed by atoms with E-state index < -0.39 is 0 Å². The molecule has 3 aliphatic rings. The molecule has 0 aliphatic heterocycles. The SMILES string of the molecule is CC1C(c2cccc(CC3CCC(C(=O)CC4CCCCCC4)CC3)c2)=CCc2ccccc21. The summed E-state index contributed by atoms with van der Waals surface area (Å²) in [4.78, 5) is 13.0. The molecule has 0 radical (unpaired) electrons. The summed E-state index contributed by atoms with van der Waals surface area (Å²) < 4.78 is 0. The van der Waals surface area contributed by atoms with E-state index >= 15 is 0 Å². The third kappa shape index (κ3) is 5.56. The van der Waals surface area contributed by atoms with E-state index in [0.717, 1.165) is 38.0 Å². The van der Waals surface area contributed by atoms with Gasteiger partial charge in [0, 0.05) is 18.3 Å². The van der Waals surface area contributed by atoms with Gasteiger partial charge in [0.2, 0.25) is 0 Å². The molecule has 0 saturated heterocycles. The summed E-state index contributed by atoms with van der Waals surface area (Å²) in [6.45, 7) is 2.35. The molecule has 0 heterocycles. The molecule has 1 atom stereocenters. The number of hydrogen-bond acceptors (Lipinski definition) is 1. The van der Waals surface area contributed by atoms with Crippen molar-refractivity contribution in [2.45, 2.75) is 96.3 Å². The molecule has 180 valence electrons. The molecule has 0 amide bonds. The first-order valence-electron chi connectivity index (χ1n) is 14.1. The largest absolute Gasteiger partial charge is 0.299 e. The van der Waals surface area contributed by atoms with Gasteiger partial charge < -0.3 is 0 Å². The fourth-order valence-corrected chi connectivity index (χ4v) is 6.99. The molecular formula is C33H42O. The van der Waals surface area contributed by atoms with Gasteiger partial charge in [-0.15, -0.1) is 0 Å². The van der Waals surface area contributed by atoms with E-state index in [1.165, 1.54) is 79.2 Å². The van der Waals surface area contributed by atoms with E-state index in [0.29, 0.717) is 23.5 Å². The Hall–Kier alpha value is -2.15. The van der Waals surface area contributed by atoms with E-state index in [9.17, 15) is 4.79 Å². The quantitative estimate of drug-likeness (QED) is 0.399. The molecule has 1 nitrogen and oxygen atoms in total. The number of carbonyl (C=O) groups excluding carboxylic acids is 1. The van der Waals surface area contributed by atoms with Crippen LogP contribution < -0.4 is 0 Å². The fraction of sp³-hybridized carbons (Fsp3) is 0.545. The average Bonchev–Trinajstić information content (AvgIpc) is 3.14. The average molecular weight is 455 g/mol. The summed E-state index contributed by atoms with van der Waals surface area (Å²) in [6.07, 6.45) is 18.2. The molecule has 0 bridgehead atoms. The van der Waals surface area contributed by atoms with Crippen molar-refractivity contribution in [3.8, 4) is 0 Å². The number of ketones is 1. The Morgan fingerprint density at radius 1 is 0.824 bits per heavy atom. The third-order valence-corrected chi connectivity index (χ3v) is 9.08. The molecule has 3 aliphatic carbocycles. The van der Waals surface area contributed by atoms with Crippen LogP contribution in [0.25, 0.3) is 5.57 Å². The highest BCUT2D eigenvalue weighted by molar-refractivity contribution is 5.81. The van der Waals surface area contributed by atoms with Gasteiger partial charge >= 0.3 is 0 Å². The molecule has 2 saturated carbocycles. The number of fused-ring (bicyclic) bond motifs is 1. The predicted molar refractivity (Wildman–Crippen MR) is 143 cm³/mol. The molecule has 5 rings (SSSR count). The van der Waals surface area contributed by atoms with Crippen LogP contribution >= 0.6 is 0 Å². The van der Waals surface area contributed by atoms with Crippen molar-refractivity contribution in [3.05, 3.63) is 76.9 Å².